The Morgan fingerprint density at radius 1 is 1.32 bits per heavy atom. The zero-order valence-corrected chi connectivity index (χ0v) is 12.2. The van der Waals surface area contributed by atoms with Crippen molar-refractivity contribution < 1.29 is 26.5 Å². The molecule has 0 aromatic heterocycles. The van der Waals surface area contributed by atoms with Crippen molar-refractivity contribution in [3.05, 3.63) is 39.4 Å². The second-order valence-corrected chi connectivity index (χ2v) is 7.19. The molecule has 1 aliphatic rings. The van der Waals surface area contributed by atoms with Gasteiger partial charge in [0.2, 0.25) is 0 Å². The second kappa shape index (κ2) is 5.84. The number of halogens is 3. The minimum absolute atomic E-state index is 0.0213. The van der Waals surface area contributed by atoms with Crippen LogP contribution in [-0.2, 0) is 22.6 Å². The first-order valence-electron chi connectivity index (χ1n) is 6.36. The number of hydrogen-bond donors (Lipinski definition) is 0. The van der Waals surface area contributed by atoms with E-state index in [1.54, 1.807) is 0 Å². The third kappa shape index (κ3) is 3.74. The Morgan fingerprint density at radius 3 is 2.55 bits per heavy atom. The molecule has 10 heteroatoms. The normalized spacial score (nSPS) is 19.0. The largest absolute Gasteiger partial charge is 0.416 e. The summed E-state index contributed by atoms with van der Waals surface area (Å²) in [5.74, 6) is -0.414. The fraction of sp³-hybridized carbons (Fsp3) is 0.500. The lowest BCUT2D eigenvalue weighted by Crippen LogP contribution is -2.37. The van der Waals surface area contributed by atoms with Crippen molar-refractivity contribution in [1.29, 1.82) is 0 Å². The SMILES string of the molecule is O=[N+]([O-])c1cccc(C(F)(F)F)c1CN1CCCS(=O)(=O)C1. The monoisotopic (exact) mass is 338 g/mol. The molecule has 0 aliphatic carbocycles. The molecule has 6 nitrogen and oxygen atoms in total. The van der Waals surface area contributed by atoms with Crippen LogP contribution in [0, 0.1) is 10.1 Å². The number of rotatable bonds is 3. The molecule has 1 aromatic rings. The van der Waals surface area contributed by atoms with E-state index in [2.05, 4.69) is 0 Å². The molecule has 2 rings (SSSR count). The summed E-state index contributed by atoms with van der Waals surface area (Å²) < 4.78 is 62.2. The van der Waals surface area contributed by atoms with E-state index < -0.39 is 50.2 Å². The number of nitrogens with zero attached hydrogens (tertiary/aromatic N) is 2. The Morgan fingerprint density at radius 2 is 2.00 bits per heavy atom. The third-order valence-electron chi connectivity index (χ3n) is 3.34. The topological polar surface area (TPSA) is 80.5 Å². The van der Waals surface area contributed by atoms with Crippen molar-refractivity contribution in [2.75, 3.05) is 18.2 Å². The van der Waals surface area contributed by atoms with Gasteiger partial charge in [0.1, 0.15) is 5.88 Å². The molecule has 0 radical (unpaired) electrons. The molecule has 1 heterocycles. The Hall–Kier alpha value is -1.68. The van der Waals surface area contributed by atoms with Crippen LogP contribution in [0.4, 0.5) is 18.9 Å². The number of sulfone groups is 1. The minimum atomic E-state index is -4.74. The van der Waals surface area contributed by atoms with Crippen LogP contribution >= 0.6 is 0 Å². The first-order chi connectivity index (χ1) is 10.1. The van der Waals surface area contributed by atoms with Crippen molar-refractivity contribution in [2.45, 2.75) is 19.1 Å². The predicted molar refractivity (Wildman–Crippen MR) is 71.8 cm³/mol. The van der Waals surface area contributed by atoms with Crippen LogP contribution < -0.4 is 0 Å². The van der Waals surface area contributed by atoms with Crippen LogP contribution in [0.3, 0.4) is 0 Å². The van der Waals surface area contributed by atoms with E-state index >= 15 is 0 Å². The highest BCUT2D eigenvalue weighted by molar-refractivity contribution is 7.91. The van der Waals surface area contributed by atoms with Gasteiger partial charge in [-0.3, -0.25) is 15.0 Å². The maximum Gasteiger partial charge on any atom is 0.416 e. The molecule has 0 N–H and O–H groups in total. The average Bonchev–Trinajstić information content (AvgIpc) is 2.36. The van der Waals surface area contributed by atoms with Crippen LogP contribution in [0.15, 0.2) is 18.2 Å². The molecule has 0 bridgehead atoms. The van der Waals surface area contributed by atoms with Gasteiger partial charge < -0.3 is 0 Å². The quantitative estimate of drug-likeness (QED) is 0.623. The molecule has 0 amide bonds. The minimum Gasteiger partial charge on any atom is -0.285 e. The first-order valence-corrected chi connectivity index (χ1v) is 8.18. The fourth-order valence-electron chi connectivity index (χ4n) is 2.44. The van der Waals surface area contributed by atoms with Crippen LogP contribution in [0.2, 0.25) is 0 Å². The molecule has 1 aliphatic heterocycles. The van der Waals surface area contributed by atoms with E-state index in [0.29, 0.717) is 6.42 Å². The van der Waals surface area contributed by atoms with Gasteiger partial charge in [-0.2, -0.15) is 13.2 Å². The molecule has 0 spiro atoms. The van der Waals surface area contributed by atoms with Gasteiger partial charge in [-0.15, -0.1) is 0 Å². The van der Waals surface area contributed by atoms with Gasteiger partial charge in [-0.05, 0) is 12.5 Å². The molecular weight excluding hydrogens is 325 g/mol. The summed E-state index contributed by atoms with van der Waals surface area (Å²) in [4.78, 5) is 11.4. The van der Waals surface area contributed by atoms with Crippen molar-refractivity contribution in [2.24, 2.45) is 0 Å². The summed E-state index contributed by atoms with van der Waals surface area (Å²) in [7, 11) is -3.36. The van der Waals surface area contributed by atoms with Gasteiger partial charge in [0, 0.05) is 19.2 Å². The molecular formula is C12H13F3N2O4S. The van der Waals surface area contributed by atoms with Crippen molar-refractivity contribution in [3.8, 4) is 0 Å². The van der Waals surface area contributed by atoms with E-state index in [-0.39, 0.29) is 12.3 Å². The van der Waals surface area contributed by atoms with E-state index in [1.165, 1.54) is 4.90 Å². The number of nitro benzene ring substituents is 1. The first kappa shape index (κ1) is 16.7. The lowest BCUT2D eigenvalue weighted by Gasteiger charge is -2.27. The van der Waals surface area contributed by atoms with Crippen molar-refractivity contribution >= 4 is 15.5 Å². The molecule has 1 aromatic carbocycles. The summed E-state index contributed by atoms with van der Waals surface area (Å²) in [6, 6.07) is 2.72. The van der Waals surface area contributed by atoms with E-state index in [0.717, 1.165) is 18.2 Å². The highest BCUT2D eigenvalue weighted by atomic mass is 32.2. The van der Waals surface area contributed by atoms with Crippen LogP contribution in [0.5, 0.6) is 0 Å². The molecule has 1 saturated heterocycles. The third-order valence-corrected chi connectivity index (χ3v) is 5.01. The Labute approximate surface area is 124 Å². The van der Waals surface area contributed by atoms with Gasteiger partial charge in [-0.25, -0.2) is 8.42 Å². The number of nitro groups is 1. The number of hydrogen-bond acceptors (Lipinski definition) is 5. The van der Waals surface area contributed by atoms with Gasteiger partial charge in [0.25, 0.3) is 5.69 Å². The van der Waals surface area contributed by atoms with Gasteiger partial charge in [0.05, 0.1) is 21.8 Å². The summed E-state index contributed by atoms with van der Waals surface area (Å²) in [6.07, 6.45) is -4.44. The maximum absolute atomic E-state index is 13.0. The van der Waals surface area contributed by atoms with Crippen LogP contribution in [0.25, 0.3) is 0 Å². The Kier molecular flexibility index (Phi) is 4.43. The highest BCUT2D eigenvalue weighted by Crippen LogP contribution is 2.36. The predicted octanol–water partition coefficient (Wildman–Crippen LogP) is 2.19. The maximum atomic E-state index is 13.0. The lowest BCUT2D eigenvalue weighted by molar-refractivity contribution is -0.386. The molecule has 0 unspecified atom stereocenters. The molecule has 1 fully saturated rings. The molecule has 122 valence electrons. The van der Waals surface area contributed by atoms with E-state index in [4.69, 9.17) is 0 Å². The van der Waals surface area contributed by atoms with Crippen LogP contribution in [0.1, 0.15) is 17.5 Å². The summed E-state index contributed by atoms with van der Waals surface area (Å²) in [6.45, 7) is -0.145. The number of benzene rings is 1. The van der Waals surface area contributed by atoms with Gasteiger partial charge in [0.15, 0.2) is 9.84 Å². The summed E-state index contributed by atoms with van der Waals surface area (Å²) in [5.41, 5.74) is -2.26. The average molecular weight is 338 g/mol. The van der Waals surface area contributed by atoms with E-state index in [1.807, 2.05) is 0 Å². The van der Waals surface area contributed by atoms with Gasteiger partial charge >= 0.3 is 6.18 Å². The van der Waals surface area contributed by atoms with Crippen molar-refractivity contribution in [3.63, 3.8) is 0 Å². The Bertz CT molecular complexity index is 688. The Balaban J connectivity index is 2.42. The second-order valence-electron chi connectivity index (χ2n) is 5.04. The summed E-state index contributed by atoms with van der Waals surface area (Å²) in [5, 5.41) is 11.0. The number of alkyl halides is 3. The lowest BCUT2D eigenvalue weighted by atomic mass is 10.0. The molecule has 0 atom stereocenters. The van der Waals surface area contributed by atoms with Crippen LogP contribution in [-0.4, -0.2) is 36.4 Å². The fourth-order valence-corrected chi connectivity index (χ4v) is 3.92. The van der Waals surface area contributed by atoms with Gasteiger partial charge in [-0.1, -0.05) is 6.07 Å². The van der Waals surface area contributed by atoms with E-state index in [9.17, 15) is 31.7 Å². The summed E-state index contributed by atoms with van der Waals surface area (Å²) >= 11 is 0. The zero-order valence-electron chi connectivity index (χ0n) is 11.3. The van der Waals surface area contributed by atoms with Crippen molar-refractivity contribution in [1.82, 2.24) is 4.90 Å². The highest BCUT2D eigenvalue weighted by Gasteiger charge is 2.37. The molecule has 22 heavy (non-hydrogen) atoms. The zero-order chi connectivity index (χ0) is 16.5. The standard InChI is InChI=1S/C12H13F3N2O4S/c13-12(14,15)10-3-1-4-11(17(18)19)9(10)7-16-5-2-6-22(20,21)8-16/h1,3-4H,2,5-8H2. The smallest absolute Gasteiger partial charge is 0.285 e. The molecule has 0 saturated carbocycles.